The fourth-order valence-corrected chi connectivity index (χ4v) is 6.15. The Hall–Kier alpha value is -0.0800. The molecule has 4 bridgehead atoms. The van der Waals surface area contributed by atoms with E-state index in [0.717, 1.165) is 23.7 Å². The summed E-state index contributed by atoms with van der Waals surface area (Å²) < 4.78 is 0. The number of aliphatic hydroxyl groups excluding tert-OH is 2. The minimum absolute atomic E-state index is 0.0200. The Morgan fingerprint density at radius 3 is 1.00 bits per heavy atom. The number of hydrogen-bond acceptors (Lipinski definition) is 2. The van der Waals surface area contributed by atoms with Crippen molar-refractivity contribution < 1.29 is 10.2 Å². The second kappa shape index (κ2) is 1.20. The Labute approximate surface area is 70.6 Å². The molecule has 0 amide bonds. The van der Waals surface area contributed by atoms with Crippen LogP contribution in [-0.2, 0) is 0 Å². The summed E-state index contributed by atoms with van der Waals surface area (Å²) in [5.74, 6) is 5.51. The molecular formula is C10H12O2. The monoisotopic (exact) mass is 164 g/mol. The third-order valence-corrected chi connectivity index (χ3v) is 6.02. The number of aliphatic hydroxyl groups is 2. The van der Waals surface area contributed by atoms with Crippen molar-refractivity contribution in [1.29, 1.82) is 0 Å². The Kier molecular flexibility index (Phi) is 0.561. The second-order valence-electron chi connectivity index (χ2n) is 5.60. The van der Waals surface area contributed by atoms with Gasteiger partial charge in [-0.1, -0.05) is 0 Å². The molecule has 6 aliphatic rings. The molecular weight excluding hydrogens is 152 g/mol. The molecule has 0 radical (unpaired) electrons. The van der Waals surface area contributed by atoms with Gasteiger partial charge < -0.3 is 10.2 Å². The summed E-state index contributed by atoms with van der Waals surface area (Å²) in [6, 6.07) is 0. The summed E-state index contributed by atoms with van der Waals surface area (Å²) in [5.41, 5.74) is 0. The van der Waals surface area contributed by atoms with Crippen LogP contribution in [0.1, 0.15) is 0 Å². The van der Waals surface area contributed by atoms with Crippen LogP contribution in [0.25, 0.3) is 0 Å². The highest BCUT2D eigenvalue weighted by Crippen LogP contribution is 2.88. The topological polar surface area (TPSA) is 40.5 Å². The van der Waals surface area contributed by atoms with Crippen molar-refractivity contribution in [2.75, 3.05) is 0 Å². The van der Waals surface area contributed by atoms with Crippen molar-refractivity contribution >= 4 is 0 Å². The molecule has 0 aromatic carbocycles. The van der Waals surface area contributed by atoms with Gasteiger partial charge in [-0.2, -0.15) is 0 Å². The summed E-state index contributed by atoms with van der Waals surface area (Å²) in [5, 5.41) is 19.9. The molecule has 6 saturated carbocycles. The van der Waals surface area contributed by atoms with E-state index in [-0.39, 0.29) is 12.2 Å². The minimum Gasteiger partial charge on any atom is -0.393 e. The van der Waals surface area contributed by atoms with Crippen molar-refractivity contribution in [3.05, 3.63) is 0 Å². The van der Waals surface area contributed by atoms with E-state index in [9.17, 15) is 10.2 Å². The van der Waals surface area contributed by atoms with Crippen LogP contribution in [0.4, 0.5) is 0 Å². The predicted octanol–water partition coefficient (Wildman–Crippen LogP) is -0.294. The van der Waals surface area contributed by atoms with Gasteiger partial charge in [-0.05, 0) is 47.3 Å². The molecule has 0 spiro atoms. The van der Waals surface area contributed by atoms with Crippen molar-refractivity contribution in [1.82, 2.24) is 0 Å². The van der Waals surface area contributed by atoms with E-state index in [1.54, 1.807) is 0 Å². The van der Waals surface area contributed by atoms with Gasteiger partial charge in [-0.25, -0.2) is 0 Å². The second-order valence-corrected chi connectivity index (χ2v) is 5.60. The van der Waals surface area contributed by atoms with Gasteiger partial charge >= 0.3 is 0 Å². The minimum atomic E-state index is -0.0200. The average Bonchev–Trinajstić information content (AvgIpc) is 2.45. The lowest BCUT2D eigenvalue weighted by Crippen LogP contribution is -2.61. The molecule has 6 aliphatic carbocycles. The summed E-state index contributed by atoms with van der Waals surface area (Å²) in [4.78, 5) is 0. The molecule has 2 heteroatoms. The molecule has 6 fully saturated rings. The van der Waals surface area contributed by atoms with Crippen LogP contribution in [0.15, 0.2) is 0 Å². The molecule has 0 saturated heterocycles. The fraction of sp³-hybridized carbons (Fsp3) is 1.00. The normalized spacial score (nSPS) is 90.5. The third-order valence-electron chi connectivity index (χ3n) is 6.02. The molecule has 0 aromatic rings. The third kappa shape index (κ3) is 0.252. The van der Waals surface area contributed by atoms with Gasteiger partial charge in [-0.15, -0.1) is 0 Å². The maximum absolute atomic E-state index is 9.93. The van der Waals surface area contributed by atoms with Gasteiger partial charge in [0.25, 0.3) is 0 Å². The van der Waals surface area contributed by atoms with E-state index in [1.807, 2.05) is 0 Å². The Morgan fingerprint density at radius 2 is 0.667 bits per heavy atom. The van der Waals surface area contributed by atoms with Crippen molar-refractivity contribution in [3.63, 3.8) is 0 Å². The standard InChI is InChI=1S/C10H12O2/c11-9-5-1-2-4(5)8-7(9)3(1)6(2)10(8)12/h1-12H/t1-,2-,3-,4+,5-,6+,7+,8-,9-,10+/m1/s1. The van der Waals surface area contributed by atoms with Crippen LogP contribution in [0.3, 0.4) is 0 Å². The van der Waals surface area contributed by atoms with Crippen LogP contribution in [0.2, 0.25) is 0 Å². The van der Waals surface area contributed by atoms with Crippen LogP contribution < -0.4 is 0 Å². The largest absolute Gasteiger partial charge is 0.393 e. The molecule has 2 N–H and O–H groups in total. The van der Waals surface area contributed by atoms with Crippen LogP contribution >= 0.6 is 0 Å². The summed E-state index contributed by atoms with van der Waals surface area (Å²) in [6.45, 7) is 0. The highest BCUT2D eigenvalue weighted by atomic mass is 16.3. The van der Waals surface area contributed by atoms with Crippen LogP contribution in [-0.4, -0.2) is 22.4 Å². The van der Waals surface area contributed by atoms with E-state index in [0.29, 0.717) is 23.7 Å². The first-order valence-corrected chi connectivity index (χ1v) is 5.18. The maximum Gasteiger partial charge on any atom is 0.0608 e. The summed E-state index contributed by atoms with van der Waals surface area (Å²) >= 11 is 0. The quantitative estimate of drug-likeness (QED) is 0.516. The molecule has 0 heterocycles. The van der Waals surface area contributed by atoms with Gasteiger partial charge in [0.05, 0.1) is 12.2 Å². The summed E-state index contributed by atoms with van der Waals surface area (Å²) in [7, 11) is 0. The van der Waals surface area contributed by atoms with Gasteiger partial charge in [0.15, 0.2) is 0 Å². The number of rotatable bonds is 0. The van der Waals surface area contributed by atoms with Crippen molar-refractivity contribution in [2.24, 2.45) is 47.3 Å². The van der Waals surface area contributed by atoms with E-state index in [4.69, 9.17) is 0 Å². The SMILES string of the molecule is O[C@H]1[C@@H]2[C@@H]3[C@@H]4[C@H](O)[C@H]5[C@@H]([C@@H]14)[C@H]2[C@@H]53. The molecule has 0 unspecified atom stereocenters. The molecule has 12 heavy (non-hydrogen) atoms. The summed E-state index contributed by atoms with van der Waals surface area (Å²) in [6.07, 6.45) is -0.0400. The highest BCUT2D eigenvalue weighted by Gasteiger charge is 2.89. The molecule has 6 rings (SSSR count). The first-order chi connectivity index (χ1) is 5.82. The zero-order valence-electron chi connectivity index (χ0n) is 6.67. The zero-order chi connectivity index (χ0) is 7.77. The van der Waals surface area contributed by atoms with Crippen LogP contribution in [0.5, 0.6) is 0 Å². The van der Waals surface area contributed by atoms with Gasteiger partial charge in [0, 0.05) is 0 Å². The van der Waals surface area contributed by atoms with E-state index < -0.39 is 0 Å². The lowest BCUT2D eigenvalue weighted by molar-refractivity contribution is -0.176. The van der Waals surface area contributed by atoms with E-state index >= 15 is 0 Å². The maximum atomic E-state index is 9.93. The molecule has 2 nitrogen and oxygen atoms in total. The van der Waals surface area contributed by atoms with Gasteiger partial charge in [0.1, 0.15) is 0 Å². The number of hydrogen-bond donors (Lipinski definition) is 2. The molecule has 0 aliphatic heterocycles. The molecule has 0 aromatic heterocycles. The molecule has 64 valence electrons. The average molecular weight is 164 g/mol. The predicted molar refractivity (Wildman–Crippen MR) is 39.9 cm³/mol. The highest BCUT2D eigenvalue weighted by molar-refractivity contribution is 5.36. The lowest BCUT2D eigenvalue weighted by Gasteiger charge is -2.63. The van der Waals surface area contributed by atoms with Gasteiger partial charge in [0.2, 0.25) is 0 Å². The smallest absolute Gasteiger partial charge is 0.0608 e. The van der Waals surface area contributed by atoms with Crippen molar-refractivity contribution in [2.45, 2.75) is 12.2 Å². The van der Waals surface area contributed by atoms with E-state index in [1.165, 1.54) is 0 Å². The molecule has 10 atom stereocenters. The lowest BCUT2D eigenvalue weighted by atomic mass is 9.41. The van der Waals surface area contributed by atoms with Crippen molar-refractivity contribution in [3.8, 4) is 0 Å². The van der Waals surface area contributed by atoms with Crippen LogP contribution in [0, 0.1) is 47.3 Å². The Balaban J connectivity index is 1.83. The van der Waals surface area contributed by atoms with Gasteiger partial charge in [-0.3, -0.25) is 0 Å². The van der Waals surface area contributed by atoms with E-state index in [2.05, 4.69) is 0 Å². The fourth-order valence-electron chi connectivity index (χ4n) is 6.15. The first-order valence-electron chi connectivity index (χ1n) is 5.18. The zero-order valence-corrected chi connectivity index (χ0v) is 6.67. The Bertz CT molecular complexity index is 268. The Morgan fingerprint density at radius 1 is 0.417 bits per heavy atom. The first kappa shape index (κ1) is 5.61.